The minimum absolute atomic E-state index is 0.138. The van der Waals surface area contributed by atoms with Gasteiger partial charge in [-0.3, -0.25) is 4.79 Å². The van der Waals surface area contributed by atoms with Crippen LogP contribution in [-0.4, -0.2) is 46.2 Å². The first kappa shape index (κ1) is 11.9. The van der Waals surface area contributed by atoms with Crippen molar-refractivity contribution in [3.05, 3.63) is 5.01 Å². The number of rotatable bonds is 2. The van der Waals surface area contributed by atoms with Crippen LogP contribution in [0.1, 0.15) is 35.5 Å². The van der Waals surface area contributed by atoms with E-state index in [1.807, 2.05) is 0 Å². The molecule has 2 atom stereocenters. The van der Waals surface area contributed by atoms with Crippen molar-refractivity contribution in [3.8, 4) is 0 Å². The van der Waals surface area contributed by atoms with E-state index < -0.39 is 0 Å². The lowest BCUT2D eigenvalue weighted by molar-refractivity contribution is 0.0895. The molecule has 0 spiro atoms. The maximum atomic E-state index is 11.9. The molecule has 2 unspecified atom stereocenters. The first-order chi connectivity index (χ1) is 8.72. The van der Waals surface area contributed by atoms with E-state index in [1.165, 1.54) is 19.4 Å². The number of hydrogen-bond acceptors (Lipinski definition) is 6. The minimum atomic E-state index is -0.138. The molecular formula is C11H17N5OS. The minimum Gasteiger partial charge on any atom is -0.374 e. The van der Waals surface area contributed by atoms with Gasteiger partial charge in [0.15, 0.2) is 0 Å². The molecule has 2 aliphatic heterocycles. The summed E-state index contributed by atoms with van der Waals surface area (Å²) in [7, 11) is 0. The number of nitrogens with two attached hydrogens (primary N) is 1. The van der Waals surface area contributed by atoms with Gasteiger partial charge >= 0.3 is 0 Å². The summed E-state index contributed by atoms with van der Waals surface area (Å²) in [6.07, 6.45) is 4.63. The van der Waals surface area contributed by atoms with Gasteiger partial charge in [-0.25, -0.2) is 0 Å². The molecule has 0 aliphatic carbocycles. The summed E-state index contributed by atoms with van der Waals surface area (Å²) in [5, 5.41) is 11.2. The van der Waals surface area contributed by atoms with Crippen molar-refractivity contribution in [2.24, 2.45) is 0 Å². The highest BCUT2D eigenvalue weighted by Gasteiger charge is 2.32. The molecule has 7 heteroatoms. The standard InChI is InChI=1S/C11H17N5OS/c12-11-15-14-10(18-11)9(17)13-7-3-5-16-4-1-2-8(16)6-7/h7-8H,1-6H2,(H2,12,15)(H,13,17). The maximum Gasteiger partial charge on any atom is 0.282 e. The monoisotopic (exact) mass is 267 g/mol. The summed E-state index contributed by atoms with van der Waals surface area (Å²) >= 11 is 1.14. The second-order valence-electron chi connectivity index (χ2n) is 4.97. The Bertz CT molecular complexity index is 448. The van der Waals surface area contributed by atoms with E-state index in [0.717, 1.165) is 30.7 Å². The summed E-state index contributed by atoms with van der Waals surface area (Å²) in [6, 6.07) is 0.922. The first-order valence-corrected chi connectivity index (χ1v) is 7.18. The quantitative estimate of drug-likeness (QED) is 0.814. The number of nitrogens with zero attached hydrogens (tertiary/aromatic N) is 3. The fourth-order valence-corrected chi connectivity index (χ4v) is 3.44. The third-order valence-corrected chi connectivity index (χ3v) is 4.54. The predicted molar refractivity (Wildman–Crippen MR) is 69.4 cm³/mol. The molecule has 1 amide bonds. The van der Waals surface area contributed by atoms with Crippen LogP contribution in [0.15, 0.2) is 0 Å². The SMILES string of the molecule is Nc1nnc(C(=O)NC2CCN3CCCC3C2)s1. The summed E-state index contributed by atoms with van der Waals surface area (Å²) in [4.78, 5) is 14.5. The summed E-state index contributed by atoms with van der Waals surface area (Å²) in [5.41, 5.74) is 5.48. The number of carbonyl (C=O) groups excluding carboxylic acids is 1. The predicted octanol–water partition coefficient (Wildman–Crippen LogP) is 0.477. The molecule has 0 aromatic carbocycles. The third kappa shape index (κ3) is 2.32. The van der Waals surface area contributed by atoms with Gasteiger partial charge in [0.05, 0.1) is 0 Å². The largest absolute Gasteiger partial charge is 0.374 e. The first-order valence-electron chi connectivity index (χ1n) is 6.36. The Morgan fingerprint density at radius 3 is 3.06 bits per heavy atom. The van der Waals surface area contributed by atoms with Gasteiger partial charge in [0.25, 0.3) is 5.91 Å². The molecule has 3 rings (SSSR count). The van der Waals surface area contributed by atoms with E-state index in [4.69, 9.17) is 5.73 Å². The summed E-state index contributed by atoms with van der Waals surface area (Å²) < 4.78 is 0. The molecule has 0 bridgehead atoms. The highest BCUT2D eigenvalue weighted by atomic mass is 32.1. The van der Waals surface area contributed by atoms with E-state index in [0.29, 0.717) is 16.2 Å². The van der Waals surface area contributed by atoms with Gasteiger partial charge in [0.1, 0.15) is 0 Å². The Kier molecular flexibility index (Phi) is 3.17. The van der Waals surface area contributed by atoms with E-state index in [1.54, 1.807) is 0 Å². The van der Waals surface area contributed by atoms with Gasteiger partial charge in [-0.2, -0.15) is 0 Å². The summed E-state index contributed by atoms with van der Waals surface area (Å²) in [6.45, 7) is 2.31. The zero-order valence-electron chi connectivity index (χ0n) is 10.1. The van der Waals surface area contributed by atoms with Crippen molar-refractivity contribution in [3.63, 3.8) is 0 Å². The summed E-state index contributed by atoms with van der Waals surface area (Å²) in [5.74, 6) is -0.138. The smallest absolute Gasteiger partial charge is 0.282 e. The average Bonchev–Trinajstić information content (AvgIpc) is 2.96. The van der Waals surface area contributed by atoms with Gasteiger partial charge in [0, 0.05) is 18.6 Å². The number of piperidine rings is 1. The molecule has 6 nitrogen and oxygen atoms in total. The molecular weight excluding hydrogens is 250 g/mol. The van der Waals surface area contributed by atoms with Crippen LogP contribution >= 0.6 is 11.3 Å². The Morgan fingerprint density at radius 1 is 1.39 bits per heavy atom. The van der Waals surface area contributed by atoms with Gasteiger partial charge in [-0.1, -0.05) is 11.3 Å². The number of anilines is 1. The van der Waals surface area contributed by atoms with Crippen LogP contribution in [0.4, 0.5) is 5.13 Å². The Morgan fingerprint density at radius 2 is 2.28 bits per heavy atom. The molecule has 1 aromatic heterocycles. The molecule has 0 radical (unpaired) electrons. The molecule has 98 valence electrons. The lowest BCUT2D eigenvalue weighted by Crippen LogP contribution is -2.47. The van der Waals surface area contributed by atoms with E-state index in [-0.39, 0.29) is 11.9 Å². The van der Waals surface area contributed by atoms with Crippen LogP contribution in [0.5, 0.6) is 0 Å². The van der Waals surface area contributed by atoms with E-state index in [9.17, 15) is 4.79 Å². The Labute approximate surface area is 110 Å². The fourth-order valence-electron chi connectivity index (χ4n) is 2.93. The molecule has 1 aromatic rings. The number of nitrogen functional groups attached to an aromatic ring is 1. The van der Waals surface area contributed by atoms with Crippen molar-refractivity contribution in [1.82, 2.24) is 20.4 Å². The van der Waals surface area contributed by atoms with Crippen molar-refractivity contribution < 1.29 is 4.79 Å². The van der Waals surface area contributed by atoms with E-state index in [2.05, 4.69) is 20.4 Å². The zero-order chi connectivity index (χ0) is 12.5. The van der Waals surface area contributed by atoms with Gasteiger partial charge < -0.3 is 16.0 Å². The number of carbonyl (C=O) groups is 1. The molecule has 0 saturated carbocycles. The second-order valence-corrected chi connectivity index (χ2v) is 5.98. The van der Waals surface area contributed by atoms with Gasteiger partial charge in [-0.05, 0) is 32.2 Å². The fraction of sp³-hybridized carbons (Fsp3) is 0.727. The molecule has 2 aliphatic rings. The number of amides is 1. The van der Waals surface area contributed by atoms with Crippen LogP contribution < -0.4 is 11.1 Å². The maximum absolute atomic E-state index is 11.9. The highest BCUT2D eigenvalue weighted by molar-refractivity contribution is 7.16. The average molecular weight is 267 g/mol. The lowest BCUT2D eigenvalue weighted by Gasteiger charge is -2.34. The highest BCUT2D eigenvalue weighted by Crippen LogP contribution is 2.27. The van der Waals surface area contributed by atoms with Gasteiger partial charge in [-0.15, -0.1) is 10.2 Å². The van der Waals surface area contributed by atoms with Crippen molar-refractivity contribution in [2.45, 2.75) is 37.8 Å². The number of hydrogen-bond donors (Lipinski definition) is 2. The molecule has 2 saturated heterocycles. The van der Waals surface area contributed by atoms with Crippen molar-refractivity contribution in [1.29, 1.82) is 0 Å². The van der Waals surface area contributed by atoms with Crippen LogP contribution in [-0.2, 0) is 0 Å². The normalized spacial score (nSPS) is 28.0. The molecule has 2 fully saturated rings. The molecule has 18 heavy (non-hydrogen) atoms. The molecule has 3 N–H and O–H groups in total. The van der Waals surface area contributed by atoms with Crippen LogP contribution in [0.25, 0.3) is 0 Å². The Hall–Kier alpha value is -1.21. The number of fused-ring (bicyclic) bond motifs is 1. The second kappa shape index (κ2) is 4.81. The van der Waals surface area contributed by atoms with Crippen molar-refractivity contribution in [2.75, 3.05) is 18.8 Å². The van der Waals surface area contributed by atoms with Crippen LogP contribution in [0.3, 0.4) is 0 Å². The van der Waals surface area contributed by atoms with Crippen LogP contribution in [0, 0.1) is 0 Å². The van der Waals surface area contributed by atoms with Crippen LogP contribution in [0.2, 0.25) is 0 Å². The number of nitrogens with one attached hydrogen (secondary N) is 1. The molecule has 3 heterocycles. The third-order valence-electron chi connectivity index (χ3n) is 3.79. The topological polar surface area (TPSA) is 84.1 Å². The van der Waals surface area contributed by atoms with Crippen molar-refractivity contribution >= 4 is 22.4 Å². The lowest BCUT2D eigenvalue weighted by atomic mass is 9.97. The zero-order valence-corrected chi connectivity index (χ0v) is 10.9. The number of aromatic nitrogens is 2. The van der Waals surface area contributed by atoms with Gasteiger partial charge in [0.2, 0.25) is 10.1 Å². The Balaban J connectivity index is 1.58. The van der Waals surface area contributed by atoms with E-state index >= 15 is 0 Å².